The lowest BCUT2D eigenvalue weighted by atomic mass is 9.81. The average Bonchev–Trinajstić information content (AvgIpc) is 3.35. The molecular weight excluding hydrogens is 484 g/mol. The van der Waals surface area contributed by atoms with E-state index in [9.17, 15) is 14.7 Å². The van der Waals surface area contributed by atoms with Crippen LogP contribution in [0.2, 0.25) is 0 Å². The number of carbonyl (C=O) groups is 2. The number of imide groups is 1. The number of amides is 3. The number of aromatic amines is 1. The molecule has 1 aromatic heterocycles. The highest BCUT2D eigenvalue weighted by molar-refractivity contribution is 6.08. The van der Waals surface area contributed by atoms with E-state index in [4.69, 9.17) is 9.47 Å². The normalized spacial score (nSPS) is 20.9. The summed E-state index contributed by atoms with van der Waals surface area (Å²) in [4.78, 5) is 36.9. The number of benzene rings is 2. The van der Waals surface area contributed by atoms with Crippen LogP contribution in [0.4, 0.5) is 4.79 Å². The van der Waals surface area contributed by atoms with Crippen molar-refractivity contribution in [3.63, 3.8) is 0 Å². The molecule has 1 saturated heterocycles. The number of methoxy groups -OCH3 is 2. The Morgan fingerprint density at radius 3 is 2.68 bits per heavy atom. The fourth-order valence-corrected chi connectivity index (χ4v) is 5.97. The standard InChI is InChI=1S/C29H36N4O5/c1-5-31(13-14-37-3)11-12-32-27(35)29(2)18-23-22-17-21(38-4)9-10-24(22)30-26(23)25(33(29)28(32)36)16-19-7-6-8-20(34)15-19/h6-10,15,17,25,30,34H,5,11-14,16,18H2,1-4H3/t25?,29-/m0/s1. The number of aromatic nitrogens is 1. The number of phenolic OH excluding ortho intramolecular Hbond substituents is 1. The first kappa shape index (κ1) is 26.1. The summed E-state index contributed by atoms with van der Waals surface area (Å²) >= 11 is 0. The van der Waals surface area contributed by atoms with Gasteiger partial charge in [-0.05, 0) is 61.3 Å². The maximum Gasteiger partial charge on any atom is 0.328 e. The summed E-state index contributed by atoms with van der Waals surface area (Å²) in [5.41, 5.74) is 2.76. The van der Waals surface area contributed by atoms with E-state index in [1.54, 1.807) is 37.3 Å². The van der Waals surface area contributed by atoms with Gasteiger partial charge in [-0.15, -0.1) is 0 Å². The summed E-state index contributed by atoms with van der Waals surface area (Å²) in [7, 11) is 3.30. The summed E-state index contributed by atoms with van der Waals surface area (Å²) < 4.78 is 10.7. The molecule has 9 heteroatoms. The molecule has 1 fully saturated rings. The maximum absolute atomic E-state index is 14.0. The minimum atomic E-state index is -1.02. The van der Waals surface area contributed by atoms with E-state index in [1.807, 2.05) is 31.2 Å². The summed E-state index contributed by atoms with van der Waals surface area (Å²) in [5, 5.41) is 11.1. The lowest BCUT2D eigenvalue weighted by Crippen LogP contribution is -2.53. The Bertz CT molecular complexity index is 1350. The minimum Gasteiger partial charge on any atom is -0.508 e. The second-order valence-corrected chi connectivity index (χ2v) is 10.3. The maximum atomic E-state index is 14.0. The lowest BCUT2D eigenvalue weighted by molar-refractivity contribution is -0.133. The van der Waals surface area contributed by atoms with E-state index in [0.717, 1.165) is 46.6 Å². The van der Waals surface area contributed by atoms with Gasteiger partial charge >= 0.3 is 6.03 Å². The highest BCUT2D eigenvalue weighted by Crippen LogP contribution is 2.47. The van der Waals surface area contributed by atoms with Crippen LogP contribution < -0.4 is 4.74 Å². The van der Waals surface area contributed by atoms with Gasteiger partial charge in [0, 0.05) is 49.8 Å². The number of nitrogens with zero attached hydrogens (tertiary/aromatic N) is 3. The van der Waals surface area contributed by atoms with E-state index < -0.39 is 11.6 Å². The molecule has 5 rings (SSSR count). The van der Waals surface area contributed by atoms with Gasteiger partial charge in [-0.2, -0.15) is 0 Å². The number of phenols is 1. The third-order valence-corrected chi connectivity index (χ3v) is 8.03. The van der Waals surface area contributed by atoms with Crippen molar-refractivity contribution in [2.45, 2.75) is 38.3 Å². The predicted octanol–water partition coefficient (Wildman–Crippen LogP) is 3.71. The summed E-state index contributed by atoms with van der Waals surface area (Å²) in [6.07, 6.45) is 0.872. The predicted molar refractivity (Wildman–Crippen MR) is 144 cm³/mol. The Morgan fingerprint density at radius 1 is 1.16 bits per heavy atom. The number of fused-ring (bicyclic) bond motifs is 4. The van der Waals surface area contributed by atoms with Gasteiger partial charge in [-0.1, -0.05) is 19.1 Å². The quantitative estimate of drug-likeness (QED) is 0.396. The zero-order chi connectivity index (χ0) is 27.0. The van der Waals surface area contributed by atoms with Crippen molar-refractivity contribution in [1.82, 2.24) is 19.7 Å². The van der Waals surface area contributed by atoms with Crippen LogP contribution in [0.1, 0.15) is 36.7 Å². The third-order valence-electron chi connectivity index (χ3n) is 8.03. The Hall–Kier alpha value is -3.56. The molecule has 38 heavy (non-hydrogen) atoms. The second kappa shape index (κ2) is 10.3. The first-order valence-corrected chi connectivity index (χ1v) is 13.1. The smallest absolute Gasteiger partial charge is 0.328 e. The van der Waals surface area contributed by atoms with Crippen LogP contribution in [0.5, 0.6) is 11.5 Å². The SMILES string of the molecule is CCN(CCOC)CCN1C(=O)N2C(Cc3cccc(O)c3)c3[nH]c4ccc(OC)cc4c3C[C@@]2(C)C1=O. The molecule has 0 saturated carbocycles. The molecule has 2 aromatic carbocycles. The van der Waals surface area contributed by atoms with E-state index in [0.29, 0.717) is 32.5 Å². The molecule has 2 aliphatic rings. The Kier molecular flexibility index (Phi) is 7.07. The molecule has 0 aliphatic carbocycles. The first-order valence-electron chi connectivity index (χ1n) is 13.1. The van der Waals surface area contributed by atoms with Gasteiger partial charge in [-0.25, -0.2) is 4.79 Å². The van der Waals surface area contributed by atoms with E-state index in [1.165, 1.54) is 4.90 Å². The van der Waals surface area contributed by atoms with Gasteiger partial charge in [0.05, 0.1) is 19.8 Å². The largest absolute Gasteiger partial charge is 0.508 e. The van der Waals surface area contributed by atoms with Gasteiger partial charge in [0.1, 0.15) is 17.0 Å². The summed E-state index contributed by atoms with van der Waals surface area (Å²) in [6.45, 7) is 6.99. The molecule has 3 heterocycles. The molecule has 0 spiro atoms. The zero-order valence-corrected chi connectivity index (χ0v) is 22.5. The van der Waals surface area contributed by atoms with Crippen molar-refractivity contribution in [3.05, 3.63) is 59.3 Å². The summed E-state index contributed by atoms with van der Waals surface area (Å²) in [6, 6.07) is 12.3. The topological polar surface area (TPSA) is 98.3 Å². The molecule has 0 radical (unpaired) electrons. The van der Waals surface area contributed by atoms with Crippen LogP contribution in [-0.4, -0.2) is 89.3 Å². The molecule has 9 nitrogen and oxygen atoms in total. The number of ether oxygens (including phenoxy) is 2. The molecular formula is C29H36N4O5. The number of nitrogens with one attached hydrogen (secondary N) is 1. The van der Waals surface area contributed by atoms with Crippen LogP contribution in [-0.2, 0) is 22.4 Å². The highest BCUT2D eigenvalue weighted by Gasteiger charge is 2.59. The van der Waals surface area contributed by atoms with Gasteiger partial charge in [-0.3, -0.25) is 14.6 Å². The highest BCUT2D eigenvalue weighted by atomic mass is 16.5. The van der Waals surface area contributed by atoms with E-state index in [2.05, 4.69) is 16.8 Å². The van der Waals surface area contributed by atoms with E-state index in [-0.39, 0.29) is 17.7 Å². The van der Waals surface area contributed by atoms with Crippen molar-refractivity contribution < 1.29 is 24.2 Å². The van der Waals surface area contributed by atoms with Crippen molar-refractivity contribution in [2.24, 2.45) is 0 Å². The fourth-order valence-electron chi connectivity index (χ4n) is 5.97. The lowest BCUT2D eigenvalue weighted by Gasteiger charge is -2.42. The van der Waals surface area contributed by atoms with Crippen molar-refractivity contribution in [1.29, 1.82) is 0 Å². The van der Waals surface area contributed by atoms with Crippen LogP contribution in [0.3, 0.4) is 0 Å². The van der Waals surface area contributed by atoms with Crippen molar-refractivity contribution >= 4 is 22.8 Å². The Labute approximate surface area is 222 Å². The monoisotopic (exact) mass is 520 g/mol. The minimum absolute atomic E-state index is 0.170. The number of carbonyl (C=O) groups excluding carboxylic acids is 2. The van der Waals surface area contributed by atoms with Crippen molar-refractivity contribution in [3.8, 4) is 11.5 Å². The summed E-state index contributed by atoms with van der Waals surface area (Å²) in [5.74, 6) is 0.737. The number of H-pyrrole nitrogens is 1. The molecule has 202 valence electrons. The molecule has 0 bridgehead atoms. The van der Waals surface area contributed by atoms with Crippen LogP contribution in [0.25, 0.3) is 10.9 Å². The Morgan fingerprint density at radius 2 is 1.97 bits per heavy atom. The molecule has 2 atom stereocenters. The van der Waals surface area contributed by atoms with Gasteiger partial charge in [0.2, 0.25) is 0 Å². The number of hydrogen-bond donors (Lipinski definition) is 2. The van der Waals surface area contributed by atoms with E-state index >= 15 is 0 Å². The number of rotatable bonds is 10. The average molecular weight is 521 g/mol. The molecule has 3 aromatic rings. The van der Waals surface area contributed by atoms with Gasteiger partial charge in [0.15, 0.2) is 0 Å². The number of urea groups is 1. The van der Waals surface area contributed by atoms with Crippen LogP contribution >= 0.6 is 0 Å². The Balaban J connectivity index is 1.55. The van der Waals surface area contributed by atoms with Crippen LogP contribution in [0.15, 0.2) is 42.5 Å². The number of hydrogen-bond acceptors (Lipinski definition) is 6. The number of likely N-dealkylation sites (N-methyl/N-ethyl adjacent to an activating group) is 1. The molecule has 2 N–H and O–H groups in total. The molecule has 3 amide bonds. The van der Waals surface area contributed by atoms with Gasteiger partial charge in [0.25, 0.3) is 5.91 Å². The molecule has 1 unspecified atom stereocenters. The van der Waals surface area contributed by atoms with Gasteiger partial charge < -0.3 is 24.5 Å². The third kappa shape index (κ3) is 4.39. The van der Waals surface area contributed by atoms with Crippen molar-refractivity contribution in [2.75, 3.05) is 47.0 Å². The second-order valence-electron chi connectivity index (χ2n) is 10.3. The first-order chi connectivity index (χ1) is 18.3. The number of aromatic hydroxyl groups is 1. The van der Waals surface area contributed by atoms with Crippen LogP contribution in [0, 0.1) is 0 Å². The zero-order valence-electron chi connectivity index (χ0n) is 22.5. The molecule has 2 aliphatic heterocycles. The fraction of sp³-hybridized carbons (Fsp3) is 0.448.